The normalized spacial score (nSPS) is 27.3. The highest BCUT2D eigenvalue weighted by Gasteiger charge is 2.36. The Hall–Kier alpha value is -1.70. The lowest BCUT2D eigenvalue weighted by Crippen LogP contribution is -2.50. The van der Waals surface area contributed by atoms with Crippen LogP contribution in [0.1, 0.15) is 29.9 Å². The first kappa shape index (κ1) is 16.2. The molecule has 124 valence electrons. The fraction of sp³-hybridized carbons (Fsp3) is 0.467. The molecule has 2 fully saturated rings. The first-order valence-corrected chi connectivity index (χ1v) is 8.22. The largest absolute Gasteiger partial charge is 0.416 e. The van der Waals surface area contributed by atoms with Crippen molar-refractivity contribution in [3.63, 3.8) is 0 Å². The van der Waals surface area contributed by atoms with E-state index in [1.807, 2.05) is 0 Å². The van der Waals surface area contributed by atoms with Crippen molar-refractivity contribution < 1.29 is 22.8 Å². The maximum Gasteiger partial charge on any atom is 0.416 e. The molecule has 0 unspecified atom stereocenters. The molecule has 4 nitrogen and oxygen atoms in total. The second-order valence-corrected chi connectivity index (χ2v) is 6.79. The molecule has 1 aromatic rings. The number of alkyl halides is 3. The lowest BCUT2D eigenvalue weighted by atomic mass is 9.75. The van der Waals surface area contributed by atoms with Gasteiger partial charge in [-0.15, -0.1) is 0 Å². The Bertz CT molecular complexity index is 629. The van der Waals surface area contributed by atoms with Gasteiger partial charge in [-0.3, -0.25) is 9.59 Å². The van der Waals surface area contributed by atoms with Crippen LogP contribution in [0.5, 0.6) is 0 Å². The van der Waals surface area contributed by atoms with E-state index in [2.05, 4.69) is 10.6 Å². The molecule has 0 radical (unpaired) electrons. The minimum absolute atomic E-state index is 0.0233. The Morgan fingerprint density at radius 1 is 1.30 bits per heavy atom. The monoisotopic (exact) mass is 344 g/mol. The van der Waals surface area contributed by atoms with Gasteiger partial charge < -0.3 is 10.6 Å². The molecular formula is C15H15F3N2O2S. The van der Waals surface area contributed by atoms with E-state index >= 15 is 0 Å². The molecule has 1 aromatic carbocycles. The summed E-state index contributed by atoms with van der Waals surface area (Å²) >= 11 is 1.07. The maximum absolute atomic E-state index is 12.7. The van der Waals surface area contributed by atoms with Crippen LogP contribution in [-0.2, 0) is 11.0 Å². The summed E-state index contributed by atoms with van der Waals surface area (Å²) in [7, 11) is 0. The molecule has 2 aliphatic rings. The van der Waals surface area contributed by atoms with E-state index in [9.17, 15) is 22.8 Å². The SMILES string of the molecule is O=C1N[C@@H](C(=O)NC2CC(c3cccc(C(F)(F)F)c3)C2)CS1. The molecule has 1 atom stereocenters. The standard InChI is InChI=1S/C15H15F3N2O2S/c16-15(17,18)10-3-1-2-8(4-10)9-5-11(6-9)19-13(21)12-7-23-14(22)20-12/h1-4,9,11-12H,5-7H2,(H,19,21)(H,20,22)/t9?,11?,12-/m1/s1. The number of thioether (sulfide) groups is 1. The van der Waals surface area contributed by atoms with Crippen LogP contribution in [0.3, 0.4) is 0 Å². The second-order valence-electron chi connectivity index (χ2n) is 5.79. The van der Waals surface area contributed by atoms with Gasteiger partial charge in [0.2, 0.25) is 5.91 Å². The van der Waals surface area contributed by atoms with Gasteiger partial charge in [-0.05, 0) is 30.4 Å². The number of rotatable bonds is 3. The van der Waals surface area contributed by atoms with Crippen molar-refractivity contribution in [1.29, 1.82) is 0 Å². The maximum atomic E-state index is 12.7. The van der Waals surface area contributed by atoms with Crippen molar-refractivity contribution in [3.8, 4) is 0 Å². The second kappa shape index (κ2) is 6.07. The van der Waals surface area contributed by atoms with E-state index in [4.69, 9.17) is 0 Å². The molecule has 2 N–H and O–H groups in total. The quantitative estimate of drug-likeness (QED) is 0.886. The third-order valence-electron chi connectivity index (χ3n) is 4.16. The van der Waals surface area contributed by atoms with Gasteiger partial charge in [0.1, 0.15) is 6.04 Å². The molecule has 3 rings (SSSR count). The van der Waals surface area contributed by atoms with E-state index in [-0.39, 0.29) is 23.1 Å². The number of hydrogen-bond donors (Lipinski definition) is 2. The number of carbonyl (C=O) groups is 2. The van der Waals surface area contributed by atoms with Crippen molar-refractivity contribution >= 4 is 22.9 Å². The Kier molecular flexibility index (Phi) is 4.27. The minimum atomic E-state index is -4.34. The number of nitrogens with one attached hydrogen (secondary N) is 2. The summed E-state index contributed by atoms with van der Waals surface area (Å²) in [5.74, 6) is 0.208. The summed E-state index contributed by atoms with van der Waals surface area (Å²) in [6.07, 6.45) is -3.12. The van der Waals surface area contributed by atoms with Gasteiger partial charge in [0.15, 0.2) is 0 Å². The van der Waals surface area contributed by atoms with Crippen molar-refractivity contribution in [3.05, 3.63) is 35.4 Å². The molecule has 2 amide bonds. The zero-order valence-electron chi connectivity index (χ0n) is 12.0. The summed E-state index contributed by atoms with van der Waals surface area (Å²) in [5.41, 5.74) is 0.00299. The molecule has 0 bridgehead atoms. The molecule has 0 aromatic heterocycles. The average molecular weight is 344 g/mol. The van der Waals surface area contributed by atoms with Gasteiger partial charge in [0, 0.05) is 11.8 Å². The highest BCUT2D eigenvalue weighted by molar-refractivity contribution is 8.14. The van der Waals surface area contributed by atoms with Crippen LogP contribution in [-0.4, -0.2) is 29.0 Å². The topological polar surface area (TPSA) is 58.2 Å². The van der Waals surface area contributed by atoms with Gasteiger partial charge in [0.05, 0.1) is 5.56 Å². The van der Waals surface area contributed by atoms with E-state index in [1.165, 1.54) is 12.1 Å². The van der Waals surface area contributed by atoms with Gasteiger partial charge in [-0.1, -0.05) is 30.0 Å². The van der Waals surface area contributed by atoms with Crippen LogP contribution in [0.15, 0.2) is 24.3 Å². The van der Waals surface area contributed by atoms with Crippen molar-refractivity contribution in [1.82, 2.24) is 10.6 Å². The highest BCUT2D eigenvalue weighted by Crippen LogP contribution is 2.39. The van der Waals surface area contributed by atoms with Gasteiger partial charge in [-0.25, -0.2) is 0 Å². The van der Waals surface area contributed by atoms with Crippen LogP contribution in [0.4, 0.5) is 18.0 Å². The summed E-state index contributed by atoms with van der Waals surface area (Å²) in [4.78, 5) is 23.0. The van der Waals surface area contributed by atoms with E-state index in [0.29, 0.717) is 24.2 Å². The Morgan fingerprint density at radius 3 is 2.65 bits per heavy atom. The molecular weight excluding hydrogens is 329 g/mol. The lowest BCUT2D eigenvalue weighted by molar-refractivity contribution is -0.137. The molecule has 8 heteroatoms. The third-order valence-corrected chi connectivity index (χ3v) is 5.04. The van der Waals surface area contributed by atoms with Crippen LogP contribution in [0.2, 0.25) is 0 Å². The number of carbonyl (C=O) groups excluding carboxylic acids is 2. The van der Waals surface area contributed by atoms with E-state index in [0.717, 1.165) is 17.8 Å². The van der Waals surface area contributed by atoms with Gasteiger partial charge in [-0.2, -0.15) is 13.2 Å². The molecule has 23 heavy (non-hydrogen) atoms. The Labute approximate surface area is 135 Å². The molecule has 1 saturated carbocycles. The van der Waals surface area contributed by atoms with Crippen molar-refractivity contribution in [2.75, 3.05) is 5.75 Å². The average Bonchev–Trinajstić information content (AvgIpc) is 2.88. The first-order chi connectivity index (χ1) is 10.8. The number of amides is 2. The predicted molar refractivity (Wildman–Crippen MR) is 80.1 cm³/mol. The van der Waals surface area contributed by atoms with Crippen molar-refractivity contribution in [2.45, 2.75) is 37.0 Å². The number of hydrogen-bond acceptors (Lipinski definition) is 3. The van der Waals surface area contributed by atoms with Crippen molar-refractivity contribution in [2.24, 2.45) is 0 Å². The first-order valence-electron chi connectivity index (χ1n) is 7.24. The van der Waals surface area contributed by atoms with Crippen LogP contribution >= 0.6 is 11.8 Å². The summed E-state index contributed by atoms with van der Waals surface area (Å²) in [5, 5.41) is 5.19. The van der Waals surface area contributed by atoms with Gasteiger partial charge in [0.25, 0.3) is 5.24 Å². The van der Waals surface area contributed by atoms with E-state index < -0.39 is 17.8 Å². The molecule has 1 aliphatic carbocycles. The Morgan fingerprint density at radius 2 is 2.04 bits per heavy atom. The van der Waals surface area contributed by atoms with E-state index in [1.54, 1.807) is 6.07 Å². The molecule has 1 aliphatic heterocycles. The fourth-order valence-corrected chi connectivity index (χ4v) is 3.58. The fourth-order valence-electron chi connectivity index (χ4n) is 2.80. The summed E-state index contributed by atoms with van der Waals surface area (Å²) in [6.45, 7) is 0. The zero-order chi connectivity index (χ0) is 16.6. The smallest absolute Gasteiger partial charge is 0.352 e. The van der Waals surface area contributed by atoms with Crippen LogP contribution < -0.4 is 10.6 Å². The highest BCUT2D eigenvalue weighted by atomic mass is 32.2. The lowest BCUT2D eigenvalue weighted by Gasteiger charge is -2.37. The zero-order valence-corrected chi connectivity index (χ0v) is 12.8. The number of halogens is 3. The predicted octanol–water partition coefficient (Wildman–Crippen LogP) is 2.89. The summed E-state index contributed by atoms with van der Waals surface area (Å²) in [6, 6.07) is 4.77. The molecule has 1 heterocycles. The van der Waals surface area contributed by atoms with Crippen LogP contribution in [0, 0.1) is 0 Å². The minimum Gasteiger partial charge on any atom is -0.352 e. The summed E-state index contributed by atoms with van der Waals surface area (Å²) < 4.78 is 38.1. The Balaban J connectivity index is 1.53. The molecule has 0 spiro atoms. The van der Waals surface area contributed by atoms with Gasteiger partial charge >= 0.3 is 6.18 Å². The number of benzene rings is 1. The van der Waals surface area contributed by atoms with Crippen LogP contribution in [0.25, 0.3) is 0 Å². The third kappa shape index (κ3) is 3.63. The molecule has 1 saturated heterocycles.